The number of hydrogen-bond acceptors (Lipinski definition) is 5. The molecule has 1 aromatic heterocycles. The van der Waals surface area contributed by atoms with Crippen LogP contribution in [0.15, 0.2) is 29.1 Å². The molecule has 25 heavy (non-hydrogen) atoms. The van der Waals surface area contributed by atoms with Crippen molar-refractivity contribution >= 4 is 22.6 Å². The van der Waals surface area contributed by atoms with Crippen LogP contribution < -0.4 is 5.56 Å². The van der Waals surface area contributed by atoms with Crippen LogP contribution in [0.4, 0.5) is 0 Å². The largest absolute Gasteiger partial charge is 0.451 e. The van der Waals surface area contributed by atoms with Crippen molar-refractivity contribution in [3.05, 3.63) is 40.3 Å². The fourth-order valence-corrected chi connectivity index (χ4v) is 3.00. The average molecular weight is 343 g/mol. The summed E-state index contributed by atoms with van der Waals surface area (Å²) in [6.07, 6.45) is 2.68. The van der Waals surface area contributed by atoms with Crippen LogP contribution in [0.1, 0.15) is 36.7 Å². The topological polar surface area (TPSA) is 81.5 Å². The molecule has 0 spiro atoms. The molecule has 0 radical (unpaired) electrons. The number of rotatable bonds is 5. The maximum absolute atomic E-state index is 12.5. The minimum absolute atomic E-state index is 0.0675. The standard InChI is InChI=1S/C18H21N3O4/c1-2-9-21-17(23)14-8-4-3-7-13(14)16(19-21)18(24)25-12-15(22)20-10-5-6-11-20/h3-4,7-8H,2,5-6,9-12H2,1H3. The normalized spacial score (nSPS) is 14.0. The van der Waals surface area contributed by atoms with Gasteiger partial charge in [-0.2, -0.15) is 5.10 Å². The first-order valence-electron chi connectivity index (χ1n) is 8.56. The van der Waals surface area contributed by atoms with Crippen molar-refractivity contribution in [2.24, 2.45) is 0 Å². The molecule has 2 heterocycles. The number of nitrogens with zero attached hydrogens (tertiary/aromatic N) is 3. The van der Waals surface area contributed by atoms with E-state index in [1.807, 2.05) is 6.92 Å². The van der Waals surface area contributed by atoms with Gasteiger partial charge in [-0.15, -0.1) is 0 Å². The summed E-state index contributed by atoms with van der Waals surface area (Å²) in [5.74, 6) is -0.884. The smallest absolute Gasteiger partial charge is 0.359 e. The number of carbonyl (C=O) groups excluding carboxylic acids is 2. The summed E-state index contributed by atoms with van der Waals surface area (Å²) < 4.78 is 6.45. The lowest BCUT2D eigenvalue weighted by molar-refractivity contribution is -0.133. The van der Waals surface area contributed by atoms with Crippen LogP contribution in [0.25, 0.3) is 10.8 Å². The lowest BCUT2D eigenvalue weighted by atomic mass is 10.1. The lowest BCUT2D eigenvalue weighted by Crippen LogP contribution is -2.32. The molecule has 0 atom stereocenters. The van der Waals surface area contributed by atoms with Gasteiger partial charge in [0.1, 0.15) is 0 Å². The summed E-state index contributed by atoms with van der Waals surface area (Å²) in [6.45, 7) is 3.45. The van der Waals surface area contributed by atoms with Crippen LogP contribution in [0.3, 0.4) is 0 Å². The second kappa shape index (κ2) is 7.46. The predicted molar refractivity (Wildman–Crippen MR) is 92.4 cm³/mol. The first-order valence-corrected chi connectivity index (χ1v) is 8.56. The molecular formula is C18H21N3O4. The average Bonchev–Trinajstić information content (AvgIpc) is 3.17. The summed E-state index contributed by atoms with van der Waals surface area (Å²) in [5, 5.41) is 5.03. The Morgan fingerprint density at radius 1 is 1.16 bits per heavy atom. The Balaban J connectivity index is 1.86. The number of fused-ring (bicyclic) bond motifs is 1. The first-order chi connectivity index (χ1) is 12.1. The molecule has 1 aromatic carbocycles. The monoisotopic (exact) mass is 343 g/mol. The Hall–Kier alpha value is -2.70. The highest BCUT2D eigenvalue weighted by Crippen LogP contribution is 2.15. The molecule has 1 amide bonds. The summed E-state index contributed by atoms with van der Waals surface area (Å²) >= 11 is 0. The molecule has 0 bridgehead atoms. The Bertz CT molecular complexity index is 853. The predicted octanol–water partition coefficient (Wildman–Crippen LogP) is 1.59. The number of carbonyl (C=O) groups is 2. The highest BCUT2D eigenvalue weighted by molar-refractivity contribution is 6.02. The fraction of sp³-hybridized carbons (Fsp3) is 0.444. The Morgan fingerprint density at radius 3 is 2.52 bits per heavy atom. The summed E-state index contributed by atoms with van der Waals surface area (Å²) in [5.41, 5.74) is -0.167. The van der Waals surface area contributed by atoms with Gasteiger partial charge >= 0.3 is 5.97 Å². The van der Waals surface area contributed by atoms with Gasteiger partial charge in [0.05, 0.1) is 5.39 Å². The Labute approximate surface area is 145 Å². The van der Waals surface area contributed by atoms with E-state index in [2.05, 4.69) is 5.10 Å². The Kier molecular flexibility index (Phi) is 5.11. The number of aryl methyl sites for hydroxylation is 1. The van der Waals surface area contributed by atoms with E-state index >= 15 is 0 Å². The van der Waals surface area contributed by atoms with E-state index in [0.29, 0.717) is 36.8 Å². The quantitative estimate of drug-likeness (QED) is 0.770. The van der Waals surface area contributed by atoms with Gasteiger partial charge in [-0.3, -0.25) is 9.59 Å². The van der Waals surface area contributed by atoms with Gasteiger partial charge in [-0.05, 0) is 25.3 Å². The van der Waals surface area contributed by atoms with E-state index in [-0.39, 0.29) is 23.8 Å². The van der Waals surface area contributed by atoms with Crippen molar-refractivity contribution in [2.75, 3.05) is 19.7 Å². The molecule has 1 saturated heterocycles. The minimum Gasteiger partial charge on any atom is -0.451 e. The molecule has 0 saturated carbocycles. The highest BCUT2D eigenvalue weighted by Gasteiger charge is 2.22. The van der Waals surface area contributed by atoms with Gasteiger partial charge < -0.3 is 9.64 Å². The van der Waals surface area contributed by atoms with Gasteiger partial charge in [-0.1, -0.05) is 25.1 Å². The van der Waals surface area contributed by atoms with Crippen molar-refractivity contribution < 1.29 is 14.3 Å². The van der Waals surface area contributed by atoms with E-state index in [1.165, 1.54) is 4.68 Å². The molecule has 7 heteroatoms. The number of ether oxygens (including phenoxy) is 1. The third kappa shape index (κ3) is 3.55. The first kappa shape index (κ1) is 17.1. The Morgan fingerprint density at radius 2 is 1.84 bits per heavy atom. The van der Waals surface area contributed by atoms with Gasteiger partial charge in [-0.25, -0.2) is 9.48 Å². The van der Waals surface area contributed by atoms with E-state index in [1.54, 1.807) is 29.2 Å². The molecule has 2 aromatic rings. The second-order valence-corrected chi connectivity index (χ2v) is 6.09. The van der Waals surface area contributed by atoms with Gasteiger partial charge in [0.15, 0.2) is 12.3 Å². The molecule has 132 valence electrons. The number of amides is 1. The van der Waals surface area contributed by atoms with Crippen LogP contribution in [0, 0.1) is 0 Å². The SMILES string of the molecule is CCCn1nc(C(=O)OCC(=O)N2CCCC2)c2ccccc2c1=O. The molecule has 7 nitrogen and oxygen atoms in total. The van der Waals surface area contributed by atoms with E-state index < -0.39 is 5.97 Å². The zero-order chi connectivity index (χ0) is 17.8. The zero-order valence-corrected chi connectivity index (χ0v) is 14.2. The van der Waals surface area contributed by atoms with Crippen LogP contribution in [0.5, 0.6) is 0 Å². The van der Waals surface area contributed by atoms with E-state index in [4.69, 9.17) is 4.74 Å². The third-order valence-electron chi connectivity index (χ3n) is 4.28. The molecule has 1 aliphatic rings. The molecule has 0 unspecified atom stereocenters. The zero-order valence-electron chi connectivity index (χ0n) is 14.2. The number of benzene rings is 1. The van der Waals surface area contributed by atoms with Crippen LogP contribution in [0.2, 0.25) is 0 Å². The second-order valence-electron chi connectivity index (χ2n) is 6.09. The fourth-order valence-electron chi connectivity index (χ4n) is 3.00. The maximum Gasteiger partial charge on any atom is 0.359 e. The van der Waals surface area contributed by atoms with Crippen molar-refractivity contribution in [3.8, 4) is 0 Å². The van der Waals surface area contributed by atoms with Crippen molar-refractivity contribution in [2.45, 2.75) is 32.7 Å². The van der Waals surface area contributed by atoms with Crippen molar-refractivity contribution in [1.82, 2.24) is 14.7 Å². The van der Waals surface area contributed by atoms with E-state index in [9.17, 15) is 14.4 Å². The molecule has 1 aliphatic heterocycles. The molecule has 0 N–H and O–H groups in total. The van der Waals surface area contributed by atoms with Crippen molar-refractivity contribution in [3.63, 3.8) is 0 Å². The van der Waals surface area contributed by atoms with Crippen molar-refractivity contribution in [1.29, 1.82) is 0 Å². The maximum atomic E-state index is 12.5. The van der Waals surface area contributed by atoms with Gasteiger partial charge in [0.2, 0.25) is 0 Å². The van der Waals surface area contributed by atoms with Crippen LogP contribution in [-0.4, -0.2) is 46.3 Å². The molecule has 1 fully saturated rings. The van der Waals surface area contributed by atoms with Crippen LogP contribution in [-0.2, 0) is 16.1 Å². The number of esters is 1. The summed E-state index contributed by atoms with van der Waals surface area (Å²) in [4.78, 5) is 38.6. The van der Waals surface area contributed by atoms with Gasteiger partial charge in [0, 0.05) is 25.0 Å². The number of hydrogen-bond donors (Lipinski definition) is 0. The summed E-state index contributed by atoms with van der Waals surface area (Å²) in [7, 11) is 0. The van der Waals surface area contributed by atoms with Gasteiger partial charge in [0.25, 0.3) is 11.5 Å². The molecule has 0 aliphatic carbocycles. The molecular weight excluding hydrogens is 322 g/mol. The lowest BCUT2D eigenvalue weighted by Gasteiger charge is -2.15. The highest BCUT2D eigenvalue weighted by atomic mass is 16.5. The van der Waals surface area contributed by atoms with E-state index in [0.717, 1.165) is 12.8 Å². The number of aromatic nitrogens is 2. The number of likely N-dealkylation sites (tertiary alicyclic amines) is 1. The van der Waals surface area contributed by atoms with Crippen LogP contribution >= 0.6 is 0 Å². The minimum atomic E-state index is -0.686. The summed E-state index contributed by atoms with van der Waals surface area (Å²) in [6, 6.07) is 6.81. The molecule has 3 rings (SSSR count). The third-order valence-corrected chi connectivity index (χ3v) is 4.28.